The molecule has 22 heavy (non-hydrogen) atoms. The summed E-state index contributed by atoms with van der Waals surface area (Å²) in [5, 5.41) is 2.58. The fourth-order valence-electron chi connectivity index (χ4n) is 1.80. The number of hydrogen-bond donors (Lipinski definition) is 2. The molecular weight excluding hydrogens is 313 g/mol. The lowest BCUT2D eigenvalue weighted by atomic mass is 10.4. The molecule has 2 aromatic rings. The highest BCUT2D eigenvalue weighted by atomic mass is 31.1. The Balaban J connectivity index is 2.09. The van der Waals surface area contributed by atoms with E-state index in [0.717, 1.165) is 0 Å². The minimum Gasteiger partial charge on any atom is -0.350 e. The average molecular weight is 329 g/mol. The minimum atomic E-state index is -3.00. The summed E-state index contributed by atoms with van der Waals surface area (Å²) in [5.41, 5.74) is 1.02. The normalized spacial score (nSPS) is 14.0. The molecule has 0 spiro atoms. The first-order chi connectivity index (χ1) is 10.5. The summed E-state index contributed by atoms with van der Waals surface area (Å²) in [7, 11) is -3.00. The van der Waals surface area contributed by atoms with Crippen LogP contribution in [0.1, 0.15) is 13.8 Å². The first-order valence-electron chi connectivity index (χ1n) is 6.38. The summed E-state index contributed by atoms with van der Waals surface area (Å²) in [4.78, 5) is 32.0. The van der Waals surface area contributed by atoms with Crippen LogP contribution < -0.4 is 5.32 Å². The zero-order valence-corrected chi connectivity index (χ0v) is 13.0. The van der Waals surface area contributed by atoms with Crippen LogP contribution in [0.15, 0.2) is 12.7 Å². The van der Waals surface area contributed by atoms with Crippen LogP contribution in [0, 0.1) is 0 Å². The quantitative estimate of drug-likeness (QED) is 0.556. The van der Waals surface area contributed by atoms with Crippen molar-refractivity contribution in [2.24, 2.45) is 0 Å². The SMILES string of the molecule is CC(=O)Nc1ncnc2c1ncn2CC(C)OCO[PH](=O)O. The molecule has 11 heteroatoms. The van der Waals surface area contributed by atoms with Crippen molar-refractivity contribution in [3.05, 3.63) is 12.7 Å². The maximum Gasteiger partial charge on any atom is 0.318 e. The molecule has 2 unspecified atom stereocenters. The molecule has 0 saturated carbocycles. The number of anilines is 1. The lowest BCUT2D eigenvalue weighted by Crippen LogP contribution is -2.17. The Morgan fingerprint density at radius 1 is 1.50 bits per heavy atom. The number of hydrogen-bond acceptors (Lipinski definition) is 7. The molecular formula is C11H16N5O5P. The number of imidazole rings is 1. The van der Waals surface area contributed by atoms with Gasteiger partial charge in [0, 0.05) is 6.92 Å². The van der Waals surface area contributed by atoms with E-state index in [1.54, 1.807) is 17.8 Å². The van der Waals surface area contributed by atoms with Crippen molar-refractivity contribution in [2.75, 3.05) is 12.1 Å². The lowest BCUT2D eigenvalue weighted by molar-refractivity contribution is -0.114. The van der Waals surface area contributed by atoms with Crippen LogP contribution in [0.2, 0.25) is 0 Å². The first kappa shape index (κ1) is 16.5. The highest BCUT2D eigenvalue weighted by molar-refractivity contribution is 7.32. The Morgan fingerprint density at radius 2 is 2.27 bits per heavy atom. The van der Waals surface area contributed by atoms with Crippen LogP contribution >= 0.6 is 8.25 Å². The molecule has 2 N–H and O–H groups in total. The van der Waals surface area contributed by atoms with E-state index in [9.17, 15) is 9.36 Å². The zero-order chi connectivity index (χ0) is 16.1. The molecule has 2 aromatic heterocycles. The third-order valence-corrected chi connectivity index (χ3v) is 3.05. The molecule has 0 saturated heterocycles. The number of ether oxygens (including phenoxy) is 1. The number of carbonyl (C=O) groups is 1. The molecule has 0 aliphatic carbocycles. The van der Waals surface area contributed by atoms with Crippen LogP contribution in [0.5, 0.6) is 0 Å². The van der Waals surface area contributed by atoms with Crippen LogP contribution in [0.25, 0.3) is 11.2 Å². The molecule has 2 heterocycles. The van der Waals surface area contributed by atoms with E-state index in [2.05, 4.69) is 24.8 Å². The van der Waals surface area contributed by atoms with Gasteiger partial charge in [-0.2, -0.15) is 0 Å². The summed E-state index contributed by atoms with van der Waals surface area (Å²) >= 11 is 0. The van der Waals surface area contributed by atoms with Gasteiger partial charge < -0.3 is 19.5 Å². The fourth-order valence-corrected chi connectivity index (χ4v) is 1.97. The molecule has 0 radical (unpaired) electrons. The van der Waals surface area contributed by atoms with Gasteiger partial charge in [-0.3, -0.25) is 13.9 Å². The third kappa shape index (κ3) is 4.31. The average Bonchev–Trinajstić information content (AvgIpc) is 2.82. The standard InChI is InChI=1S/C11H16N5O5P/c1-7(20-6-21-22(18)19)3-16-5-14-9-10(15-8(2)17)12-4-13-11(9)16/h4-5,7,22H,3,6H2,1-2H3,(H,18,19)(H,12,13,15,17). The number of aromatic nitrogens is 4. The predicted molar refractivity (Wildman–Crippen MR) is 77.3 cm³/mol. The summed E-state index contributed by atoms with van der Waals surface area (Å²) in [6, 6.07) is 0. The van der Waals surface area contributed by atoms with E-state index < -0.39 is 8.25 Å². The summed E-state index contributed by atoms with van der Waals surface area (Å²) in [6.45, 7) is 3.30. The van der Waals surface area contributed by atoms with E-state index in [4.69, 9.17) is 9.63 Å². The van der Waals surface area contributed by atoms with Crippen LogP contribution in [0.3, 0.4) is 0 Å². The van der Waals surface area contributed by atoms with Gasteiger partial charge in [0.1, 0.15) is 6.33 Å². The van der Waals surface area contributed by atoms with Crippen molar-refractivity contribution in [3.63, 3.8) is 0 Å². The highest BCUT2D eigenvalue weighted by Crippen LogP contribution is 2.18. The summed E-state index contributed by atoms with van der Waals surface area (Å²) in [6.07, 6.45) is 2.59. The van der Waals surface area contributed by atoms with E-state index in [0.29, 0.717) is 23.5 Å². The van der Waals surface area contributed by atoms with Gasteiger partial charge in [0.05, 0.1) is 19.0 Å². The van der Waals surface area contributed by atoms with Crippen molar-refractivity contribution < 1.29 is 23.5 Å². The highest BCUT2D eigenvalue weighted by Gasteiger charge is 2.13. The van der Waals surface area contributed by atoms with Gasteiger partial charge in [-0.1, -0.05) is 0 Å². The maximum atomic E-state index is 11.1. The number of rotatable bonds is 7. The monoisotopic (exact) mass is 329 g/mol. The molecule has 0 fully saturated rings. The van der Waals surface area contributed by atoms with Gasteiger partial charge in [0.15, 0.2) is 23.8 Å². The number of carbonyl (C=O) groups excluding carboxylic acids is 1. The molecule has 120 valence electrons. The van der Waals surface area contributed by atoms with Crippen LogP contribution in [-0.4, -0.2) is 43.2 Å². The van der Waals surface area contributed by atoms with Gasteiger partial charge >= 0.3 is 8.25 Å². The number of amides is 1. The number of fused-ring (bicyclic) bond motifs is 1. The van der Waals surface area contributed by atoms with E-state index in [1.165, 1.54) is 13.3 Å². The van der Waals surface area contributed by atoms with Gasteiger partial charge in [0.2, 0.25) is 5.91 Å². The van der Waals surface area contributed by atoms with E-state index >= 15 is 0 Å². The topological polar surface area (TPSA) is 128 Å². The fraction of sp³-hybridized carbons (Fsp3) is 0.455. The van der Waals surface area contributed by atoms with E-state index in [-0.39, 0.29) is 18.8 Å². The van der Waals surface area contributed by atoms with Crippen molar-refractivity contribution in [1.29, 1.82) is 0 Å². The van der Waals surface area contributed by atoms with Crippen molar-refractivity contribution >= 4 is 31.1 Å². The van der Waals surface area contributed by atoms with Crippen LogP contribution in [0.4, 0.5) is 5.82 Å². The van der Waals surface area contributed by atoms with E-state index in [1.807, 2.05) is 0 Å². The van der Waals surface area contributed by atoms with Crippen molar-refractivity contribution in [2.45, 2.75) is 26.5 Å². The second-order valence-corrected chi connectivity index (χ2v) is 5.30. The largest absolute Gasteiger partial charge is 0.350 e. The molecule has 0 bridgehead atoms. The predicted octanol–water partition coefficient (Wildman–Crippen LogP) is 0.546. The Labute approximate surface area is 126 Å². The Kier molecular flexibility index (Phi) is 5.56. The van der Waals surface area contributed by atoms with Crippen molar-refractivity contribution in [3.8, 4) is 0 Å². The minimum absolute atomic E-state index is 0.248. The first-order valence-corrected chi connectivity index (χ1v) is 7.64. The zero-order valence-electron chi connectivity index (χ0n) is 12.0. The third-order valence-electron chi connectivity index (χ3n) is 2.68. The summed E-state index contributed by atoms with van der Waals surface area (Å²) < 4.78 is 21.9. The van der Waals surface area contributed by atoms with Crippen molar-refractivity contribution in [1.82, 2.24) is 19.5 Å². The Morgan fingerprint density at radius 3 is 2.95 bits per heavy atom. The van der Waals surface area contributed by atoms with Gasteiger partial charge in [-0.15, -0.1) is 0 Å². The molecule has 10 nitrogen and oxygen atoms in total. The Hall–Kier alpha value is -1.87. The smallest absolute Gasteiger partial charge is 0.318 e. The molecule has 1 amide bonds. The van der Waals surface area contributed by atoms with Crippen LogP contribution in [-0.2, 0) is 25.2 Å². The second kappa shape index (κ2) is 7.41. The maximum absolute atomic E-state index is 11.1. The lowest BCUT2D eigenvalue weighted by Gasteiger charge is -2.13. The molecule has 2 rings (SSSR count). The molecule has 0 aliphatic heterocycles. The Bertz CT molecular complexity index is 691. The number of nitrogens with zero attached hydrogens (tertiary/aromatic N) is 4. The van der Waals surface area contributed by atoms with Gasteiger partial charge in [-0.25, -0.2) is 15.0 Å². The van der Waals surface area contributed by atoms with Gasteiger partial charge in [0.25, 0.3) is 0 Å². The second-order valence-electron chi connectivity index (χ2n) is 4.48. The molecule has 0 aromatic carbocycles. The number of nitrogens with one attached hydrogen (secondary N) is 1. The van der Waals surface area contributed by atoms with Gasteiger partial charge in [-0.05, 0) is 6.92 Å². The molecule has 0 aliphatic rings. The molecule has 2 atom stereocenters. The summed E-state index contributed by atoms with van der Waals surface area (Å²) in [5.74, 6) is 0.0923.